The molecule has 0 aliphatic heterocycles. The van der Waals surface area contributed by atoms with Gasteiger partial charge in [-0.15, -0.1) is 12.4 Å². The summed E-state index contributed by atoms with van der Waals surface area (Å²) in [6.07, 6.45) is -2.11. The van der Waals surface area contributed by atoms with Gasteiger partial charge in [0, 0.05) is 35.9 Å². The lowest BCUT2D eigenvalue weighted by atomic mass is 10.1. The molecule has 0 aromatic heterocycles. The molecule has 1 unspecified atom stereocenters. The molecule has 0 aliphatic carbocycles. The first-order chi connectivity index (χ1) is 16.2. The van der Waals surface area contributed by atoms with Crippen LogP contribution in [0.25, 0.3) is 0 Å². The molecule has 192 valence electrons. The second kappa shape index (κ2) is 14.1. The summed E-state index contributed by atoms with van der Waals surface area (Å²) in [5, 5.41) is 10.4. The third-order valence-electron chi connectivity index (χ3n) is 4.82. The van der Waals surface area contributed by atoms with Gasteiger partial charge in [-0.25, -0.2) is 9.18 Å². The number of rotatable bonds is 12. The van der Waals surface area contributed by atoms with Gasteiger partial charge in [0.05, 0.1) is 13.7 Å². The second-order valence-electron chi connectivity index (χ2n) is 7.19. The summed E-state index contributed by atoms with van der Waals surface area (Å²) in [6.45, 7) is 5.28. The van der Waals surface area contributed by atoms with Gasteiger partial charge in [-0.1, -0.05) is 12.1 Å². The van der Waals surface area contributed by atoms with E-state index in [1.54, 1.807) is 32.0 Å². The smallest absolute Gasteiger partial charge is 0.347 e. The molecule has 0 saturated heterocycles. The molecule has 0 spiro atoms. The predicted molar refractivity (Wildman–Crippen MR) is 131 cm³/mol. The zero-order valence-electron chi connectivity index (χ0n) is 20.1. The third kappa shape index (κ3) is 8.11. The monoisotopic (exact) mass is 511 g/mol. The first-order valence-corrected chi connectivity index (χ1v) is 10.7. The van der Waals surface area contributed by atoms with Gasteiger partial charge in [0.1, 0.15) is 23.2 Å². The summed E-state index contributed by atoms with van der Waals surface area (Å²) in [7, 11) is 1.42. The molecule has 0 radical (unpaired) electrons. The number of amides is 1. The van der Waals surface area contributed by atoms with Gasteiger partial charge in [-0.05, 0) is 39.0 Å². The lowest BCUT2D eigenvalue weighted by Gasteiger charge is -2.20. The molecule has 0 saturated carbocycles. The molecular weight excluding hydrogens is 481 g/mol. The fraction of sp³-hybridized carbons (Fsp3) is 0.375. The Balaban J connectivity index is 0.00000612. The van der Waals surface area contributed by atoms with Crippen molar-refractivity contribution in [3.05, 3.63) is 58.9 Å². The highest BCUT2D eigenvalue weighted by molar-refractivity contribution is 5.95. The highest BCUT2D eigenvalue weighted by atomic mass is 35.5. The molecule has 0 aliphatic rings. The predicted octanol–water partition coefficient (Wildman–Crippen LogP) is 3.26. The van der Waals surface area contributed by atoms with E-state index in [0.29, 0.717) is 16.9 Å². The van der Waals surface area contributed by atoms with Gasteiger partial charge in [0.2, 0.25) is 0 Å². The molecular formula is C24H31ClFN3O6. The maximum absolute atomic E-state index is 14.6. The third-order valence-corrected chi connectivity index (χ3v) is 4.82. The van der Waals surface area contributed by atoms with Crippen LogP contribution in [0.2, 0.25) is 0 Å². The van der Waals surface area contributed by atoms with Gasteiger partial charge < -0.3 is 30.0 Å². The lowest BCUT2D eigenvalue weighted by Crippen LogP contribution is -2.32. The summed E-state index contributed by atoms with van der Waals surface area (Å²) in [5.41, 5.74) is 6.54. The number of nitrogen functional groups attached to an aromatic ring is 1. The van der Waals surface area contributed by atoms with E-state index in [0.717, 1.165) is 0 Å². The molecule has 35 heavy (non-hydrogen) atoms. The van der Waals surface area contributed by atoms with Crippen molar-refractivity contribution in [2.75, 3.05) is 20.3 Å². The number of hydrogen-bond acceptors (Lipinski definition) is 7. The molecule has 0 heterocycles. The number of nitrogens with two attached hydrogens (primary N) is 1. The molecule has 2 rings (SSSR count). The average molecular weight is 512 g/mol. The summed E-state index contributed by atoms with van der Waals surface area (Å²) in [6, 6.07) is 8.87. The van der Waals surface area contributed by atoms with E-state index in [2.05, 4.69) is 5.32 Å². The van der Waals surface area contributed by atoms with Crippen LogP contribution in [0.3, 0.4) is 0 Å². The van der Waals surface area contributed by atoms with E-state index in [1.165, 1.54) is 32.2 Å². The Labute approximate surface area is 210 Å². The number of nitrogens with one attached hydrogen (secondary N) is 2. The largest absolute Gasteiger partial charge is 0.497 e. The van der Waals surface area contributed by atoms with Crippen molar-refractivity contribution in [3.8, 4) is 11.5 Å². The number of amidine groups is 1. The molecule has 0 bridgehead atoms. The highest BCUT2D eigenvalue weighted by Crippen LogP contribution is 2.26. The zero-order valence-corrected chi connectivity index (χ0v) is 20.9. The van der Waals surface area contributed by atoms with Crippen LogP contribution in [0.5, 0.6) is 11.5 Å². The molecule has 2 atom stereocenters. The number of carbonyl (C=O) groups is 2. The first-order valence-electron chi connectivity index (χ1n) is 10.7. The summed E-state index contributed by atoms with van der Waals surface area (Å²) in [4.78, 5) is 24.9. The van der Waals surface area contributed by atoms with Crippen molar-refractivity contribution in [2.24, 2.45) is 5.73 Å². The van der Waals surface area contributed by atoms with E-state index in [1.807, 2.05) is 0 Å². The topological polar surface area (TPSA) is 133 Å². The number of carbonyl (C=O) groups excluding carboxylic acids is 2. The Morgan fingerprint density at radius 1 is 1.14 bits per heavy atom. The Kier molecular flexibility index (Phi) is 12.0. The number of methoxy groups -OCH3 is 1. The number of hydrogen-bond donors (Lipinski definition) is 3. The molecule has 2 aromatic rings. The summed E-state index contributed by atoms with van der Waals surface area (Å²) >= 11 is 0. The van der Waals surface area contributed by atoms with Crippen molar-refractivity contribution in [2.45, 2.75) is 39.5 Å². The van der Waals surface area contributed by atoms with E-state index < -0.39 is 29.9 Å². The fourth-order valence-electron chi connectivity index (χ4n) is 3.07. The lowest BCUT2D eigenvalue weighted by molar-refractivity contribution is -0.150. The minimum atomic E-state index is -1.18. The van der Waals surface area contributed by atoms with E-state index in [-0.39, 0.29) is 49.3 Å². The van der Waals surface area contributed by atoms with Crippen LogP contribution in [-0.4, -0.2) is 44.1 Å². The Morgan fingerprint density at radius 2 is 1.86 bits per heavy atom. The van der Waals surface area contributed by atoms with E-state index in [4.69, 9.17) is 30.1 Å². The number of halogens is 2. The Morgan fingerprint density at radius 3 is 2.43 bits per heavy atom. The van der Waals surface area contributed by atoms with Crippen molar-refractivity contribution in [1.29, 1.82) is 5.41 Å². The molecule has 9 nitrogen and oxygen atoms in total. The van der Waals surface area contributed by atoms with E-state index >= 15 is 0 Å². The Hall–Kier alpha value is -3.37. The average Bonchev–Trinajstić information content (AvgIpc) is 2.81. The van der Waals surface area contributed by atoms with Crippen LogP contribution >= 0.6 is 12.4 Å². The van der Waals surface area contributed by atoms with Crippen LogP contribution in [0.1, 0.15) is 43.6 Å². The maximum Gasteiger partial charge on any atom is 0.347 e. The van der Waals surface area contributed by atoms with Crippen molar-refractivity contribution in [1.82, 2.24) is 5.32 Å². The van der Waals surface area contributed by atoms with Crippen molar-refractivity contribution >= 4 is 30.1 Å². The van der Waals surface area contributed by atoms with Gasteiger partial charge >= 0.3 is 5.97 Å². The minimum Gasteiger partial charge on any atom is -0.497 e. The minimum absolute atomic E-state index is 0. The maximum atomic E-state index is 14.6. The first kappa shape index (κ1) is 29.7. The molecule has 4 N–H and O–H groups in total. The summed E-state index contributed by atoms with van der Waals surface area (Å²) in [5.74, 6) is -1.37. The number of esters is 1. The van der Waals surface area contributed by atoms with Crippen LogP contribution in [-0.2, 0) is 25.6 Å². The fourth-order valence-corrected chi connectivity index (χ4v) is 3.07. The molecule has 11 heteroatoms. The molecule has 0 fully saturated rings. The Bertz CT molecular complexity index is 1040. The van der Waals surface area contributed by atoms with Gasteiger partial charge in [-0.3, -0.25) is 10.2 Å². The zero-order chi connectivity index (χ0) is 25.3. The van der Waals surface area contributed by atoms with Crippen molar-refractivity contribution in [3.63, 3.8) is 0 Å². The molecule has 2 aromatic carbocycles. The number of ether oxygens (including phenoxy) is 4. The van der Waals surface area contributed by atoms with Crippen LogP contribution in [0, 0.1) is 11.2 Å². The van der Waals surface area contributed by atoms with Crippen LogP contribution in [0.4, 0.5) is 4.39 Å². The van der Waals surface area contributed by atoms with Crippen molar-refractivity contribution < 1.29 is 32.9 Å². The van der Waals surface area contributed by atoms with Gasteiger partial charge in [0.15, 0.2) is 12.2 Å². The van der Waals surface area contributed by atoms with Crippen LogP contribution < -0.4 is 20.5 Å². The number of benzene rings is 2. The van der Waals surface area contributed by atoms with Crippen LogP contribution in [0.15, 0.2) is 36.4 Å². The quantitative estimate of drug-likeness (QED) is 0.226. The standard InChI is InChI=1S/C24H30FN3O6.ClH/c1-5-32-21(18-10-9-17(31-4)12-19(18)25)23(29)28-13-16-8-7-15(22(26)27)11-20(16)34-14(3)24(30)33-6-2;/h7-12,14,21H,5-6,13H2,1-4H3,(H3,26,27)(H,28,29);1H/t14?,21-;/m0./s1. The SMILES string of the molecule is CCOC(=O)C(C)Oc1cc(C(=N)N)ccc1CNC(=O)[C@@H](OCC)c1ccc(OC)cc1F.Cl. The van der Waals surface area contributed by atoms with Gasteiger partial charge in [-0.2, -0.15) is 0 Å². The normalized spacial score (nSPS) is 12.0. The van der Waals surface area contributed by atoms with E-state index in [9.17, 15) is 14.0 Å². The molecule has 1 amide bonds. The van der Waals surface area contributed by atoms with Gasteiger partial charge in [0.25, 0.3) is 5.91 Å². The second-order valence-corrected chi connectivity index (χ2v) is 7.19. The highest BCUT2D eigenvalue weighted by Gasteiger charge is 2.25. The summed E-state index contributed by atoms with van der Waals surface area (Å²) < 4.78 is 35.8.